The molecule has 0 fully saturated rings. The van der Waals surface area contributed by atoms with Gasteiger partial charge >= 0.3 is 5.97 Å². The first-order valence-corrected chi connectivity index (χ1v) is 10.1. The van der Waals surface area contributed by atoms with Crippen molar-refractivity contribution in [1.29, 1.82) is 0 Å². The van der Waals surface area contributed by atoms with Crippen molar-refractivity contribution in [2.24, 2.45) is 0 Å². The predicted octanol–water partition coefficient (Wildman–Crippen LogP) is 4.60. The van der Waals surface area contributed by atoms with Crippen molar-refractivity contribution in [1.82, 2.24) is 9.97 Å². The minimum Gasteiger partial charge on any atom is -0.481 e. The van der Waals surface area contributed by atoms with Crippen molar-refractivity contribution in [3.63, 3.8) is 0 Å². The molecule has 4 rings (SSSR count). The molecule has 4 N–H and O–H groups in total. The third-order valence-corrected chi connectivity index (χ3v) is 5.21. The number of nitrogens with one attached hydrogen (secondary N) is 3. The normalized spacial score (nSPS) is 10.5. The topological polar surface area (TPSA) is 115 Å². The Morgan fingerprint density at radius 3 is 2.33 bits per heavy atom. The molecule has 2 heterocycles. The van der Waals surface area contributed by atoms with Crippen LogP contribution in [0.1, 0.15) is 20.3 Å². The summed E-state index contributed by atoms with van der Waals surface area (Å²) in [6.45, 7) is 3.09. The molecule has 8 heteroatoms. The third kappa shape index (κ3) is 5.09. The highest BCUT2D eigenvalue weighted by Crippen LogP contribution is 2.32. The number of pyridine rings is 1. The molecule has 1 amide bonds. The van der Waals surface area contributed by atoms with Crippen LogP contribution in [0.3, 0.4) is 0 Å². The first-order chi connectivity index (χ1) is 14.4. The Balaban J connectivity index is 0.000000461. The molecule has 0 bridgehead atoms. The highest BCUT2D eigenvalue weighted by molar-refractivity contribution is 7.99. The number of rotatable bonds is 4. The second kappa shape index (κ2) is 9.32. The summed E-state index contributed by atoms with van der Waals surface area (Å²) in [5.41, 5.74) is 2.08. The monoisotopic (exact) mass is 423 g/mol. The maximum Gasteiger partial charge on any atom is 0.303 e. The third-order valence-electron chi connectivity index (χ3n) is 4.22. The zero-order chi connectivity index (χ0) is 21.7. The van der Waals surface area contributed by atoms with Gasteiger partial charge in [-0.1, -0.05) is 18.7 Å². The summed E-state index contributed by atoms with van der Waals surface area (Å²) in [5, 5.41) is 12.4. The molecule has 0 radical (unpaired) electrons. The predicted molar refractivity (Wildman–Crippen MR) is 119 cm³/mol. The van der Waals surface area contributed by atoms with Crippen molar-refractivity contribution in [2.75, 3.05) is 5.32 Å². The number of aromatic amines is 2. The van der Waals surface area contributed by atoms with E-state index in [2.05, 4.69) is 21.4 Å². The van der Waals surface area contributed by atoms with E-state index in [9.17, 15) is 14.4 Å². The van der Waals surface area contributed by atoms with Crippen LogP contribution in [-0.2, 0) is 9.59 Å². The van der Waals surface area contributed by atoms with E-state index in [-0.39, 0.29) is 17.9 Å². The maximum absolute atomic E-state index is 12.0. The largest absolute Gasteiger partial charge is 0.481 e. The number of hydrogen-bond donors (Lipinski definition) is 4. The van der Waals surface area contributed by atoms with Gasteiger partial charge in [0, 0.05) is 51.3 Å². The molecule has 7 nitrogen and oxygen atoms in total. The van der Waals surface area contributed by atoms with Crippen molar-refractivity contribution in [3.8, 4) is 0 Å². The number of carbonyl (C=O) groups is 2. The number of amides is 1. The summed E-state index contributed by atoms with van der Waals surface area (Å²) in [7, 11) is 0. The second-order valence-corrected chi connectivity index (χ2v) is 7.63. The number of anilines is 1. The number of carboxylic acids is 1. The van der Waals surface area contributed by atoms with E-state index in [0.717, 1.165) is 31.8 Å². The van der Waals surface area contributed by atoms with E-state index in [1.54, 1.807) is 24.9 Å². The lowest BCUT2D eigenvalue weighted by Gasteiger charge is -2.06. The van der Waals surface area contributed by atoms with Crippen LogP contribution in [0, 0.1) is 0 Å². The second-order valence-electron chi connectivity index (χ2n) is 6.48. The zero-order valence-corrected chi connectivity index (χ0v) is 17.3. The van der Waals surface area contributed by atoms with E-state index in [1.807, 2.05) is 42.5 Å². The summed E-state index contributed by atoms with van der Waals surface area (Å²) in [4.78, 5) is 40.5. The van der Waals surface area contributed by atoms with Crippen LogP contribution < -0.4 is 10.9 Å². The van der Waals surface area contributed by atoms with Gasteiger partial charge in [0.25, 0.3) is 5.56 Å². The molecule has 0 aliphatic heterocycles. The average molecular weight is 423 g/mol. The molecule has 0 spiro atoms. The number of benzene rings is 2. The van der Waals surface area contributed by atoms with Gasteiger partial charge in [0.05, 0.1) is 0 Å². The molecule has 0 atom stereocenters. The van der Waals surface area contributed by atoms with Crippen molar-refractivity contribution >= 4 is 51.1 Å². The van der Waals surface area contributed by atoms with Gasteiger partial charge in [-0.25, -0.2) is 0 Å². The lowest BCUT2D eigenvalue weighted by Crippen LogP contribution is -2.05. The smallest absolute Gasteiger partial charge is 0.303 e. The molecule has 0 aliphatic rings. The van der Waals surface area contributed by atoms with Crippen molar-refractivity contribution in [3.05, 3.63) is 65.1 Å². The van der Waals surface area contributed by atoms with Crippen molar-refractivity contribution < 1.29 is 14.7 Å². The Kier molecular flexibility index (Phi) is 6.58. The Morgan fingerprint density at radius 1 is 1.03 bits per heavy atom. The molecule has 154 valence electrons. The number of carboxylic acid groups (broad SMARTS) is 1. The van der Waals surface area contributed by atoms with Crippen LogP contribution in [0.2, 0.25) is 0 Å². The van der Waals surface area contributed by atoms with Gasteiger partial charge in [-0.05, 0) is 48.5 Å². The lowest BCUT2D eigenvalue weighted by atomic mass is 10.1. The quantitative estimate of drug-likeness (QED) is 0.383. The Labute approximate surface area is 176 Å². The average Bonchev–Trinajstić information content (AvgIpc) is 3.21. The summed E-state index contributed by atoms with van der Waals surface area (Å²) < 4.78 is 0. The van der Waals surface area contributed by atoms with Gasteiger partial charge in [0.1, 0.15) is 5.52 Å². The van der Waals surface area contributed by atoms with Gasteiger partial charge < -0.3 is 20.4 Å². The molecular weight excluding hydrogens is 402 g/mol. The lowest BCUT2D eigenvalue weighted by molar-refractivity contribution is -0.136. The fraction of sp³-hybridized carbons (Fsp3) is 0.136. The van der Waals surface area contributed by atoms with Gasteiger partial charge in [-0.15, -0.1) is 0 Å². The Morgan fingerprint density at radius 2 is 1.70 bits per heavy atom. The van der Waals surface area contributed by atoms with Crippen LogP contribution in [-0.4, -0.2) is 27.0 Å². The molecule has 0 saturated heterocycles. The highest BCUT2D eigenvalue weighted by Gasteiger charge is 2.07. The number of H-pyrrole nitrogens is 2. The fourth-order valence-electron chi connectivity index (χ4n) is 2.83. The minimum atomic E-state index is -0.745. The summed E-state index contributed by atoms with van der Waals surface area (Å²) >= 11 is 1.63. The first kappa shape index (κ1) is 21.2. The minimum absolute atomic E-state index is 0.0838. The van der Waals surface area contributed by atoms with Gasteiger partial charge in [-0.2, -0.15) is 0 Å². The number of fused-ring (bicyclic) bond motifs is 3. The fourth-order valence-corrected chi connectivity index (χ4v) is 3.69. The van der Waals surface area contributed by atoms with Crippen LogP contribution in [0.4, 0.5) is 5.69 Å². The van der Waals surface area contributed by atoms with E-state index >= 15 is 0 Å². The van der Waals surface area contributed by atoms with Crippen LogP contribution >= 0.6 is 11.8 Å². The molecule has 0 unspecified atom stereocenters. The summed E-state index contributed by atoms with van der Waals surface area (Å²) in [6, 6.07) is 15.6. The van der Waals surface area contributed by atoms with Crippen LogP contribution in [0.25, 0.3) is 21.8 Å². The Hall–Kier alpha value is -3.52. The van der Waals surface area contributed by atoms with Crippen LogP contribution in [0.5, 0.6) is 0 Å². The maximum atomic E-state index is 12.0. The van der Waals surface area contributed by atoms with E-state index in [4.69, 9.17) is 5.11 Å². The van der Waals surface area contributed by atoms with Gasteiger partial charge in [-0.3, -0.25) is 14.4 Å². The molecule has 2 aromatic heterocycles. The number of carbonyl (C=O) groups excluding carboxylic acids is 1. The molecule has 2 aromatic carbocycles. The molecular formula is C22H21N3O4S. The van der Waals surface area contributed by atoms with Crippen LogP contribution in [0.15, 0.2) is 69.3 Å². The highest BCUT2D eigenvalue weighted by atomic mass is 32.2. The number of aromatic nitrogens is 2. The zero-order valence-electron chi connectivity index (χ0n) is 16.5. The van der Waals surface area contributed by atoms with E-state index < -0.39 is 5.97 Å². The van der Waals surface area contributed by atoms with Gasteiger partial charge in [0.2, 0.25) is 5.91 Å². The Bertz CT molecular complexity index is 1260. The molecule has 30 heavy (non-hydrogen) atoms. The van der Waals surface area contributed by atoms with Crippen molar-refractivity contribution in [2.45, 2.75) is 30.1 Å². The standard InChI is InChI=1S/C19H15N3O2S.C3H6O2/c1-11(23)21-12-2-4-13(5-3-12)25-14-6-7-17-16(10-14)15-8-9-20-18(15)19(24)22-17;1-2-3(4)5/h2-10,20H,1H3,(H,21,23)(H,22,24);2H2,1H3,(H,4,5). The molecule has 0 saturated carbocycles. The molecule has 0 aliphatic carbocycles. The molecule has 4 aromatic rings. The van der Waals surface area contributed by atoms with Gasteiger partial charge in [0.15, 0.2) is 0 Å². The summed E-state index contributed by atoms with van der Waals surface area (Å²) in [5.74, 6) is -0.829. The number of aliphatic carboxylic acids is 1. The van der Waals surface area contributed by atoms with E-state index in [0.29, 0.717) is 5.52 Å². The summed E-state index contributed by atoms with van der Waals surface area (Å²) in [6.07, 6.45) is 2.00. The SMILES string of the molecule is CC(=O)Nc1ccc(Sc2ccc3[nH]c(=O)c4[nH]ccc4c3c2)cc1.CCC(=O)O. The van der Waals surface area contributed by atoms with E-state index in [1.165, 1.54) is 6.92 Å². The number of hydrogen-bond acceptors (Lipinski definition) is 4. The first-order valence-electron chi connectivity index (χ1n) is 9.27.